The number of halogens is 1. The van der Waals surface area contributed by atoms with Crippen LogP contribution in [0.25, 0.3) is 0 Å². The second kappa shape index (κ2) is 5.36. The largest absolute Gasteiger partial charge is 0.380 e. The van der Waals surface area contributed by atoms with Gasteiger partial charge in [0.25, 0.3) is 0 Å². The molecule has 2 unspecified atom stereocenters. The van der Waals surface area contributed by atoms with Gasteiger partial charge in [-0.05, 0) is 47.3 Å². The predicted octanol–water partition coefficient (Wildman–Crippen LogP) is 2.36. The zero-order chi connectivity index (χ0) is 12.5. The van der Waals surface area contributed by atoms with Crippen LogP contribution in [0.4, 0.5) is 0 Å². The molecule has 0 amide bonds. The summed E-state index contributed by atoms with van der Waals surface area (Å²) in [4.78, 5) is 0. The number of sulfonamides is 1. The zero-order valence-corrected chi connectivity index (χ0v) is 12.6. The Kier molecular flexibility index (Phi) is 4.25. The lowest BCUT2D eigenvalue weighted by Gasteiger charge is -2.18. The van der Waals surface area contributed by atoms with E-state index in [-0.39, 0.29) is 12.1 Å². The molecule has 1 saturated carbocycles. The number of nitrogens with one attached hydrogen (secondary N) is 1. The Balaban J connectivity index is 2.12. The molecule has 0 spiro atoms. The van der Waals surface area contributed by atoms with Gasteiger partial charge < -0.3 is 4.74 Å². The third-order valence-corrected chi connectivity index (χ3v) is 6.48. The third kappa shape index (κ3) is 3.08. The van der Waals surface area contributed by atoms with Gasteiger partial charge in [0.1, 0.15) is 4.21 Å². The van der Waals surface area contributed by atoms with E-state index in [1.165, 1.54) is 11.3 Å². The molecule has 1 aromatic rings. The number of hydrogen-bond donors (Lipinski definition) is 1. The third-order valence-electron chi connectivity index (χ3n) is 2.88. The van der Waals surface area contributed by atoms with Crippen LogP contribution in [0.15, 0.2) is 20.1 Å². The lowest BCUT2D eigenvalue weighted by Crippen LogP contribution is -2.40. The van der Waals surface area contributed by atoms with Crippen molar-refractivity contribution in [2.75, 3.05) is 7.11 Å². The maximum atomic E-state index is 12.1. The topological polar surface area (TPSA) is 55.4 Å². The van der Waals surface area contributed by atoms with E-state index in [0.717, 1.165) is 23.0 Å². The van der Waals surface area contributed by atoms with E-state index in [2.05, 4.69) is 20.7 Å². The number of hydrogen-bond acceptors (Lipinski definition) is 4. The summed E-state index contributed by atoms with van der Waals surface area (Å²) in [6.45, 7) is 0. The maximum absolute atomic E-state index is 12.1. The van der Waals surface area contributed by atoms with Crippen molar-refractivity contribution in [3.05, 3.63) is 15.9 Å². The Morgan fingerprint density at radius 1 is 1.47 bits per heavy atom. The minimum atomic E-state index is -3.41. The zero-order valence-electron chi connectivity index (χ0n) is 9.35. The van der Waals surface area contributed by atoms with Crippen LogP contribution in [-0.4, -0.2) is 27.7 Å². The van der Waals surface area contributed by atoms with Crippen molar-refractivity contribution in [3.8, 4) is 0 Å². The van der Waals surface area contributed by atoms with E-state index in [0.29, 0.717) is 4.21 Å². The Hall–Kier alpha value is 0.0500. The average molecular weight is 340 g/mol. The number of ether oxygens (including phenoxy) is 1. The molecule has 0 bridgehead atoms. The van der Waals surface area contributed by atoms with Crippen molar-refractivity contribution in [1.82, 2.24) is 4.72 Å². The molecule has 0 aromatic carbocycles. The van der Waals surface area contributed by atoms with E-state index in [1.807, 2.05) is 0 Å². The Bertz CT molecular complexity index is 485. The first-order chi connectivity index (χ1) is 8.03. The van der Waals surface area contributed by atoms with Crippen LogP contribution in [0, 0.1) is 0 Å². The first-order valence-electron chi connectivity index (χ1n) is 5.33. The molecule has 2 rings (SSSR count). The van der Waals surface area contributed by atoms with Crippen LogP contribution in [0.3, 0.4) is 0 Å². The van der Waals surface area contributed by atoms with Gasteiger partial charge in [-0.25, -0.2) is 13.1 Å². The molecule has 4 nitrogen and oxygen atoms in total. The quantitative estimate of drug-likeness (QED) is 0.915. The molecule has 0 radical (unpaired) electrons. The van der Waals surface area contributed by atoms with Crippen molar-refractivity contribution in [2.24, 2.45) is 0 Å². The van der Waals surface area contributed by atoms with Gasteiger partial charge in [0.05, 0.1) is 9.89 Å². The smallest absolute Gasteiger partial charge is 0.250 e. The summed E-state index contributed by atoms with van der Waals surface area (Å²) in [5.74, 6) is 0. The average Bonchev–Trinajstić information content (AvgIpc) is 2.86. The molecule has 17 heavy (non-hydrogen) atoms. The lowest BCUT2D eigenvalue weighted by molar-refractivity contribution is 0.0916. The van der Waals surface area contributed by atoms with E-state index in [9.17, 15) is 8.42 Å². The highest BCUT2D eigenvalue weighted by molar-refractivity contribution is 9.11. The minimum absolute atomic E-state index is 0.00632. The summed E-state index contributed by atoms with van der Waals surface area (Å²) in [6, 6.07) is 3.24. The normalized spacial score (nSPS) is 25.3. The fraction of sp³-hybridized carbons (Fsp3) is 0.600. The molecular formula is C10H14BrNO3S2. The summed E-state index contributed by atoms with van der Waals surface area (Å²) < 4.78 is 33.3. The monoisotopic (exact) mass is 339 g/mol. The van der Waals surface area contributed by atoms with Crippen LogP contribution in [0.2, 0.25) is 0 Å². The lowest BCUT2D eigenvalue weighted by atomic mass is 10.2. The summed E-state index contributed by atoms with van der Waals surface area (Å²) in [5.41, 5.74) is 0. The second-order valence-corrected chi connectivity index (χ2v) is 8.40. The van der Waals surface area contributed by atoms with Gasteiger partial charge in [-0.15, -0.1) is 11.3 Å². The molecule has 7 heteroatoms. The first-order valence-corrected chi connectivity index (χ1v) is 8.42. The molecule has 0 aliphatic heterocycles. The van der Waals surface area contributed by atoms with Crippen molar-refractivity contribution in [1.29, 1.82) is 0 Å². The van der Waals surface area contributed by atoms with Crippen LogP contribution >= 0.6 is 27.3 Å². The summed E-state index contributed by atoms with van der Waals surface area (Å²) in [6.07, 6.45) is 2.75. The van der Waals surface area contributed by atoms with Gasteiger partial charge in [-0.3, -0.25) is 0 Å². The van der Waals surface area contributed by atoms with Crippen molar-refractivity contribution < 1.29 is 13.2 Å². The summed E-state index contributed by atoms with van der Waals surface area (Å²) in [5, 5.41) is 0. The van der Waals surface area contributed by atoms with Crippen molar-refractivity contribution in [3.63, 3.8) is 0 Å². The van der Waals surface area contributed by atoms with Crippen molar-refractivity contribution in [2.45, 2.75) is 35.6 Å². The Morgan fingerprint density at radius 2 is 2.24 bits per heavy atom. The molecule has 2 atom stereocenters. The SMILES string of the molecule is COC1CCCC1NS(=O)(=O)c1ccc(Br)s1. The van der Waals surface area contributed by atoms with Gasteiger partial charge >= 0.3 is 0 Å². The standard InChI is InChI=1S/C10H14BrNO3S2/c1-15-8-4-2-3-7(8)12-17(13,14)10-6-5-9(11)16-10/h5-8,12H,2-4H2,1H3. The van der Waals surface area contributed by atoms with E-state index >= 15 is 0 Å². The molecule has 96 valence electrons. The number of methoxy groups -OCH3 is 1. The number of rotatable bonds is 4. The van der Waals surface area contributed by atoms with Gasteiger partial charge in [-0.2, -0.15) is 0 Å². The highest BCUT2D eigenvalue weighted by atomic mass is 79.9. The van der Waals surface area contributed by atoms with Crippen LogP contribution in [0.1, 0.15) is 19.3 Å². The van der Waals surface area contributed by atoms with E-state index < -0.39 is 10.0 Å². The van der Waals surface area contributed by atoms with E-state index in [1.54, 1.807) is 19.2 Å². The highest BCUT2D eigenvalue weighted by Crippen LogP contribution is 2.28. The predicted molar refractivity (Wildman–Crippen MR) is 70.8 cm³/mol. The van der Waals surface area contributed by atoms with Crippen LogP contribution in [-0.2, 0) is 14.8 Å². The molecule has 1 aliphatic rings. The maximum Gasteiger partial charge on any atom is 0.250 e. The second-order valence-electron chi connectivity index (χ2n) is 3.99. The van der Waals surface area contributed by atoms with Crippen LogP contribution < -0.4 is 4.72 Å². The van der Waals surface area contributed by atoms with Crippen LogP contribution in [0.5, 0.6) is 0 Å². The minimum Gasteiger partial charge on any atom is -0.380 e. The molecule has 1 N–H and O–H groups in total. The summed E-state index contributed by atoms with van der Waals surface area (Å²) in [7, 11) is -1.78. The molecule has 1 aromatic heterocycles. The molecule has 1 heterocycles. The Labute approximate surface area is 114 Å². The number of thiophene rings is 1. The summed E-state index contributed by atoms with van der Waals surface area (Å²) >= 11 is 4.48. The fourth-order valence-electron chi connectivity index (χ4n) is 2.04. The Morgan fingerprint density at radius 3 is 2.82 bits per heavy atom. The molecule has 0 saturated heterocycles. The molecular weight excluding hydrogens is 326 g/mol. The highest BCUT2D eigenvalue weighted by Gasteiger charge is 2.31. The molecule has 1 fully saturated rings. The fourth-order valence-corrected chi connectivity index (χ4v) is 5.37. The van der Waals surface area contributed by atoms with Crippen molar-refractivity contribution >= 4 is 37.3 Å². The van der Waals surface area contributed by atoms with Gasteiger partial charge in [0.2, 0.25) is 10.0 Å². The van der Waals surface area contributed by atoms with Gasteiger partial charge in [0.15, 0.2) is 0 Å². The first kappa shape index (κ1) is 13.5. The van der Waals surface area contributed by atoms with Gasteiger partial charge in [0, 0.05) is 13.2 Å². The molecule has 1 aliphatic carbocycles. The van der Waals surface area contributed by atoms with E-state index in [4.69, 9.17) is 4.74 Å². The van der Waals surface area contributed by atoms with Gasteiger partial charge in [-0.1, -0.05) is 0 Å².